The van der Waals surface area contributed by atoms with Gasteiger partial charge in [-0.05, 0) is 144 Å². The van der Waals surface area contributed by atoms with Gasteiger partial charge in [0.1, 0.15) is 34.1 Å². The molecule has 6 aliphatic heterocycles. The van der Waals surface area contributed by atoms with Crippen molar-refractivity contribution in [2.24, 2.45) is 10.8 Å². The lowest BCUT2D eigenvalue weighted by Gasteiger charge is -2.43. The van der Waals surface area contributed by atoms with Crippen LogP contribution >= 0.6 is 11.6 Å². The van der Waals surface area contributed by atoms with Gasteiger partial charge < -0.3 is 58.0 Å². The average molecular weight is 983 g/mol. The number of halogens is 2. The Bertz CT molecular complexity index is 1520. The quantitative estimate of drug-likeness (QED) is 0.175. The third kappa shape index (κ3) is 12.1. The minimum atomic E-state index is -0.464. The van der Waals surface area contributed by atoms with Crippen LogP contribution in [0.4, 0.5) is 14.4 Å². The van der Waals surface area contributed by atoms with E-state index in [0.717, 1.165) is 76.5 Å². The molecule has 0 aromatic carbocycles. The van der Waals surface area contributed by atoms with Gasteiger partial charge in [-0.15, -0.1) is 11.6 Å². The zero-order valence-electron chi connectivity index (χ0n) is 37.6. The second kappa shape index (κ2) is 19.1. The highest BCUT2D eigenvalue weighted by molar-refractivity contribution is 7.95. The van der Waals surface area contributed by atoms with Crippen molar-refractivity contribution in [3.8, 4) is 0 Å². The van der Waals surface area contributed by atoms with Gasteiger partial charge in [-0.25, -0.2) is 14.4 Å². The van der Waals surface area contributed by atoms with Crippen LogP contribution in [0.1, 0.15) is 152 Å². The van der Waals surface area contributed by atoms with E-state index in [1.807, 2.05) is 72.1 Å². The minimum absolute atomic E-state index is 0. The molecular weight excluding hydrogens is 909 g/mol. The van der Waals surface area contributed by atoms with E-state index in [1.54, 1.807) is 4.90 Å². The molecule has 1 N–H and O–H groups in total. The maximum absolute atomic E-state index is 12.3. The predicted molar refractivity (Wildman–Crippen MR) is 227 cm³/mol. The Hall–Kier alpha value is -1.52. The van der Waals surface area contributed by atoms with E-state index >= 15 is 0 Å². The van der Waals surface area contributed by atoms with Gasteiger partial charge >= 0.3 is 18.3 Å². The largest absolute Gasteiger partial charge is 1.00 e. The van der Waals surface area contributed by atoms with E-state index in [-0.39, 0.29) is 101 Å². The molecule has 8 fully saturated rings. The Balaban J connectivity index is 0.000000182. The molecule has 59 heavy (non-hydrogen) atoms. The number of ketones is 2. The number of rotatable bonds is 2. The summed E-state index contributed by atoms with van der Waals surface area (Å²) in [5, 5.41) is 10.2. The number of nitrogens with zero attached hydrogens (tertiary/aromatic N) is 3. The van der Waals surface area contributed by atoms with E-state index in [1.165, 1.54) is 5.75 Å². The van der Waals surface area contributed by atoms with Crippen molar-refractivity contribution >= 4 is 52.3 Å². The second-order valence-electron chi connectivity index (χ2n) is 21.1. The molecule has 15 heteroatoms. The summed E-state index contributed by atoms with van der Waals surface area (Å²) in [6.45, 7) is 16.9. The second-order valence-corrected chi connectivity index (χ2v) is 23.9. The van der Waals surface area contributed by atoms with Crippen LogP contribution in [0.25, 0.3) is 0 Å². The van der Waals surface area contributed by atoms with Crippen molar-refractivity contribution in [3.63, 3.8) is 0 Å². The number of aliphatic hydroxyl groups is 1. The maximum atomic E-state index is 12.3. The van der Waals surface area contributed by atoms with Gasteiger partial charge in [0.05, 0.1) is 24.5 Å². The van der Waals surface area contributed by atoms with E-state index in [4.69, 9.17) is 25.8 Å². The van der Waals surface area contributed by atoms with Crippen molar-refractivity contribution in [3.05, 3.63) is 0 Å². The Labute approximate surface area is 378 Å². The first-order valence-corrected chi connectivity index (χ1v) is 24.4. The summed E-state index contributed by atoms with van der Waals surface area (Å²) < 4.78 is 16.4. The van der Waals surface area contributed by atoms with Gasteiger partial charge in [-0.3, -0.25) is 9.59 Å². The van der Waals surface area contributed by atoms with E-state index in [2.05, 4.69) is 12.5 Å². The molecule has 0 aromatic rings. The van der Waals surface area contributed by atoms with Crippen LogP contribution in [-0.2, 0) is 34.7 Å². The normalized spacial score (nSPS) is 30.3. The van der Waals surface area contributed by atoms with E-state index < -0.39 is 16.8 Å². The molecule has 3 amide bonds. The molecule has 0 aromatic heterocycles. The highest BCUT2D eigenvalue weighted by atomic mass is 127. The molecule has 7 atom stereocenters. The average Bonchev–Trinajstić information content (AvgIpc) is 3.96. The van der Waals surface area contributed by atoms with Crippen molar-refractivity contribution in [1.29, 1.82) is 0 Å². The summed E-state index contributed by atoms with van der Waals surface area (Å²) >= 11 is 5.40. The fourth-order valence-electron chi connectivity index (χ4n) is 10.1. The van der Waals surface area contributed by atoms with Crippen LogP contribution in [0.2, 0.25) is 0 Å². The number of ether oxygens (including phenoxy) is 3. The van der Waals surface area contributed by atoms with Crippen molar-refractivity contribution in [2.75, 3.05) is 24.1 Å². The molecule has 338 valence electrons. The molecule has 0 radical (unpaired) electrons. The third-order valence-electron chi connectivity index (χ3n) is 12.9. The lowest BCUT2D eigenvalue weighted by atomic mass is 9.84. The first kappa shape index (κ1) is 50.1. The number of amides is 3. The number of carbonyl (C=O) groups excluding carboxylic acids is 5. The number of hydrogen-bond donors (Lipinski definition) is 1. The van der Waals surface area contributed by atoms with Crippen molar-refractivity contribution < 1.29 is 67.3 Å². The Kier molecular flexibility index (Phi) is 16.2. The molecule has 2 spiro atoms. The summed E-state index contributed by atoms with van der Waals surface area (Å²) in [6, 6.07) is 0.761. The highest BCUT2D eigenvalue weighted by Gasteiger charge is 2.65. The fourth-order valence-corrected chi connectivity index (χ4v) is 11.3. The predicted octanol–water partition coefficient (Wildman–Crippen LogP) is 5.03. The molecule has 2 aliphatic carbocycles. The van der Waals surface area contributed by atoms with Crippen LogP contribution < -0.4 is 24.0 Å². The lowest BCUT2D eigenvalue weighted by molar-refractivity contribution is -0.131. The van der Waals surface area contributed by atoms with Crippen LogP contribution in [0.5, 0.6) is 0 Å². The molecule has 8 rings (SSSR count). The van der Waals surface area contributed by atoms with Crippen molar-refractivity contribution in [1.82, 2.24) is 14.7 Å². The first-order valence-electron chi connectivity index (χ1n) is 21.7. The van der Waals surface area contributed by atoms with Gasteiger partial charge in [0.2, 0.25) is 0 Å². The summed E-state index contributed by atoms with van der Waals surface area (Å²) in [5.74, 6) is 2.65. The number of carbonyl (C=O) groups is 5. The summed E-state index contributed by atoms with van der Waals surface area (Å²) in [4.78, 5) is 65.7. The maximum Gasteiger partial charge on any atom is 0.410 e. The van der Waals surface area contributed by atoms with Gasteiger partial charge in [-0.1, -0.05) is 0 Å². The zero-order valence-corrected chi connectivity index (χ0v) is 41.3. The Morgan fingerprint density at radius 3 is 1.47 bits per heavy atom. The third-order valence-corrected chi connectivity index (χ3v) is 14.3. The van der Waals surface area contributed by atoms with Crippen LogP contribution in [0.3, 0.4) is 0 Å². The minimum Gasteiger partial charge on any atom is -1.00 e. The van der Waals surface area contributed by atoms with Crippen LogP contribution in [-0.4, -0.2) is 133 Å². The molecule has 7 unspecified atom stereocenters. The van der Waals surface area contributed by atoms with Crippen LogP contribution in [0.15, 0.2) is 0 Å². The summed E-state index contributed by atoms with van der Waals surface area (Å²) in [5.41, 5.74) is -1.55. The highest BCUT2D eigenvalue weighted by Crippen LogP contribution is 2.61. The molecule has 2 saturated carbocycles. The van der Waals surface area contributed by atoms with Gasteiger partial charge in [-0.2, -0.15) is 0 Å². The lowest BCUT2D eigenvalue weighted by Crippen LogP contribution is -3.00. The number of piperidine rings is 3. The molecule has 6 bridgehead atoms. The number of aliphatic hydroxyl groups excluding tert-OH is 1. The van der Waals surface area contributed by atoms with E-state index in [0.29, 0.717) is 35.9 Å². The number of Topliss-reactive ketones (excluding diaryl/α,β-unsaturated/α-hetero) is 2. The topological polar surface area (TPSA) is 143 Å². The fraction of sp³-hybridized carbons (Fsp3) is 0.886. The zero-order chi connectivity index (χ0) is 43.2. The summed E-state index contributed by atoms with van der Waals surface area (Å²) in [6.07, 6.45) is 15.7. The monoisotopic (exact) mass is 981 g/mol. The Morgan fingerprint density at radius 1 is 0.661 bits per heavy atom. The Morgan fingerprint density at radius 2 is 1.07 bits per heavy atom. The van der Waals surface area contributed by atoms with E-state index in [9.17, 15) is 29.1 Å². The molecule has 12 nitrogen and oxygen atoms in total. The SMILES string of the molecule is CC(C)(C)OC(=O)N1C2CCC1C1(CC1)C(=O)C2.CC(C)(C)OC(=O)N1C2CCC1C1(CC1)C(O)C2.CC(C)(C)OC(=O)N1C2CCC1CC(=O)C2.C[S+](C)CCCl.[I-]. The van der Waals surface area contributed by atoms with Crippen molar-refractivity contribution in [2.45, 2.75) is 211 Å². The summed E-state index contributed by atoms with van der Waals surface area (Å²) in [7, 11) is 0.552. The van der Waals surface area contributed by atoms with Gasteiger partial charge in [0, 0.05) is 66.3 Å². The first-order chi connectivity index (χ1) is 26.8. The molecule has 6 saturated heterocycles. The van der Waals surface area contributed by atoms with Crippen LogP contribution in [0, 0.1) is 10.8 Å². The molecular formula is C44H73ClIN3O9S. The standard InChI is InChI=1S/C14H23NO3.C14H21NO3.C12H19NO3.C4H10ClS.HI/c2*1-13(2,3)18-12(17)15-9-4-5-10(15)14(6-7-14)11(16)8-9;1-12(2,3)16-11(15)13-8-4-5-9(13)7-10(14)6-8;1-6(2)4-3-5;/h9-11,16H,4-8H2,1-3H3;9-10H,4-8H2,1-3H3;8-9H,4-7H2,1-3H3;3-4H2,1-2H3;1H/q;;;+1;/p-1. The van der Waals surface area contributed by atoms with Gasteiger partial charge in [0.15, 0.2) is 0 Å². The van der Waals surface area contributed by atoms with Gasteiger partial charge in [0.25, 0.3) is 0 Å². The molecule has 8 aliphatic rings. The number of hydrogen-bond acceptors (Lipinski definition) is 9. The smallest absolute Gasteiger partial charge is 0.410 e. The number of alkyl halides is 1. The number of fused-ring (bicyclic) bond motifs is 8. The molecule has 6 heterocycles.